The predicted octanol–water partition coefficient (Wildman–Crippen LogP) is -0.215. The van der Waals surface area contributed by atoms with Crippen molar-refractivity contribution in [1.29, 1.82) is 0 Å². The van der Waals surface area contributed by atoms with Crippen molar-refractivity contribution in [2.45, 2.75) is 63.6 Å². The number of carbonyl (C=O) groups excluding carboxylic acids is 2. The van der Waals surface area contributed by atoms with Crippen LogP contribution in [0.5, 0.6) is 0 Å². The maximum atomic E-state index is 14.4. The molecule has 4 N–H and O–H groups in total. The van der Waals surface area contributed by atoms with Crippen LogP contribution in [0.2, 0.25) is 0 Å². The van der Waals surface area contributed by atoms with Crippen LogP contribution in [-0.4, -0.2) is 76.2 Å². The van der Waals surface area contributed by atoms with E-state index < -0.39 is 61.5 Å². The van der Waals surface area contributed by atoms with Crippen molar-refractivity contribution in [3.8, 4) is 0 Å². The Balaban J connectivity index is 1.54. The van der Waals surface area contributed by atoms with Crippen molar-refractivity contribution in [1.82, 2.24) is 15.1 Å². The number of nitrogens with zero attached hydrogens (tertiary/aromatic N) is 2. The third-order valence-electron chi connectivity index (χ3n) is 8.37. The summed E-state index contributed by atoms with van der Waals surface area (Å²) in [6, 6.07) is 11.3. The Bertz CT molecular complexity index is 1670. The van der Waals surface area contributed by atoms with Gasteiger partial charge in [-0.1, -0.05) is 0 Å². The molecule has 0 radical (unpaired) electrons. The SMILES string of the molecule is Cc1ccc([C@H]2[C@H](C(=O)NOCC3=CC=C(CO)C=[N+](O)[I-]3)c3ccccc3C(=O)N2[C@H]2CCCC[C@@H]2NS(C)(=O)=O)c(C)c1. The Hall–Kier alpha value is -3.11. The molecule has 3 aliphatic rings. The van der Waals surface area contributed by atoms with Gasteiger partial charge in [-0.15, -0.1) is 0 Å². The van der Waals surface area contributed by atoms with E-state index in [1.165, 1.54) is 6.21 Å². The third-order valence-corrected chi connectivity index (χ3v) is 11.2. The van der Waals surface area contributed by atoms with Crippen LogP contribution in [0.25, 0.3) is 0 Å². The Kier molecular flexibility index (Phi) is 10.4. The number of hydrogen-bond donors (Lipinski definition) is 4. The number of benzene rings is 2. The normalized spacial score (nSPS) is 24.0. The van der Waals surface area contributed by atoms with E-state index in [0.29, 0.717) is 29.5 Å². The van der Waals surface area contributed by atoms with E-state index in [-0.39, 0.29) is 19.1 Å². The topological polar surface area (TPSA) is 148 Å². The Labute approximate surface area is 274 Å². The molecular weight excluding hydrogens is 711 g/mol. The molecule has 0 saturated heterocycles. The van der Waals surface area contributed by atoms with Gasteiger partial charge >= 0.3 is 261 Å². The first-order valence-corrected chi connectivity index (χ1v) is 18.8. The molecule has 2 heterocycles. The molecule has 1 aliphatic carbocycles. The summed E-state index contributed by atoms with van der Waals surface area (Å²) in [5.41, 5.74) is 6.90. The molecule has 242 valence electrons. The number of aliphatic hydroxyl groups is 1. The van der Waals surface area contributed by atoms with Crippen LogP contribution in [0.15, 0.2) is 63.8 Å². The van der Waals surface area contributed by atoms with Crippen molar-refractivity contribution >= 4 is 28.1 Å². The van der Waals surface area contributed by atoms with Crippen molar-refractivity contribution in [2.24, 2.45) is 0 Å². The minimum absolute atomic E-state index is 0.0212. The fourth-order valence-electron chi connectivity index (χ4n) is 6.49. The summed E-state index contributed by atoms with van der Waals surface area (Å²) in [4.78, 5) is 36.1. The number of fused-ring (bicyclic) bond motifs is 1. The average molecular weight is 751 g/mol. The summed E-state index contributed by atoms with van der Waals surface area (Å²) < 4.78 is 29.4. The Morgan fingerprint density at radius 3 is 2.60 bits per heavy atom. The van der Waals surface area contributed by atoms with Gasteiger partial charge in [-0.2, -0.15) is 0 Å². The molecule has 11 nitrogen and oxygen atoms in total. The van der Waals surface area contributed by atoms with E-state index in [1.807, 2.05) is 32.0 Å². The quantitative estimate of drug-likeness (QED) is 0.120. The van der Waals surface area contributed by atoms with Gasteiger partial charge in [-0.3, -0.25) is 0 Å². The summed E-state index contributed by atoms with van der Waals surface area (Å²) >= 11 is -1.01. The third kappa shape index (κ3) is 7.65. The molecular formula is C32H39IN4O7S. The van der Waals surface area contributed by atoms with Gasteiger partial charge in [0, 0.05) is 0 Å². The second-order valence-corrected chi connectivity index (χ2v) is 16.3. The van der Waals surface area contributed by atoms with E-state index >= 15 is 0 Å². The summed E-state index contributed by atoms with van der Waals surface area (Å²) in [7, 11) is -3.56. The van der Waals surface area contributed by atoms with Gasteiger partial charge in [0.25, 0.3) is 0 Å². The van der Waals surface area contributed by atoms with Crippen LogP contribution < -0.4 is 31.7 Å². The standard InChI is InChI=1S/C32H39IN4O7S/c1-20-12-15-24(21(2)16-20)30-29(31(39)34-44-19-23-14-13-22(18-38)17-36(41)33-23)25-8-4-5-9-26(25)32(40)37(30)28-11-7-6-10-27(28)35-45(3,42)43/h4-5,8-9,12-17,27-30,35,38,41H,6-7,10-11,18-19H2,1-3H3,(H,34,39)/t27-,28-,29+,30-/m0/s1. The molecule has 2 aromatic carbocycles. The summed E-state index contributed by atoms with van der Waals surface area (Å²) in [5, 5.41) is 19.6. The zero-order valence-corrected chi connectivity index (χ0v) is 28.4. The monoisotopic (exact) mass is 750 g/mol. The molecule has 1 saturated carbocycles. The molecule has 4 atom stereocenters. The molecule has 2 amide bonds. The van der Waals surface area contributed by atoms with E-state index in [4.69, 9.17) is 4.84 Å². The van der Waals surface area contributed by atoms with Crippen molar-refractivity contribution in [3.63, 3.8) is 0 Å². The number of hydrogen-bond acceptors (Lipinski definition) is 7. The Morgan fingerprint density at radius 1 is 1.11 bits per heavy atom. The number of aryl methyl sites for hydroxylation is 2. The van der Waals surface area contributed by atoms with Crippen molar-refractivity contribution in [3.05, 3.63) is 91.6 Å². The first kappa shape index (κ1) is 33.3. The predicted molar refractivity (Wildman–Crippen MR) is 163 cm³/mol. The molecule has 1 fully saturated rings. The maximum absolute atomic E-state index is 14.4. The number of halogens is 1. The second-order valence-electron chi connectivity index (χ2n) is 11.7. The van der Waals surface area contributed by atoms with Gasteiger partial charge in [0.1, 0.15) is 0 Å². The van der Waals surface area contributed by atoms with Gasteiger partial charge < -0.3 is 0 Å². The van der Waals surface area contributed by atoms with E-state index in [1.54, 1.807) is 41.3 Å². The molecule has 45 heavy (non-hydrogen) atoms. The van der Waals surface area contributed by atoms with Crippen LogP contribution in [0.1, 0.15) is 70.3 Å². The van der Waals surface area contributed by atoms with Crippen LogP contribution in [-0.2, 0) is 19.7 Å². The summed E-state index contributed by atoms with van der Waals surface area (Å²) in [6.45, 7) is 3.74. The number of rotatable bonds is 9. The van der Waals surface area contributed by atoms with Crippen LogP contribution >= 0.6 is 0 Å². The molecule has 2 aliphatic heterocycles. The van der Waals surface area contributed by atoms with Gasteiger partial charge in [0.05, 0.1) is 6.26 Å². The zero-order valence-electron chi connectivity index (χ0n) is 25.4. The first-order valence-electron chi connectivity index (χ1n) is 14.8. The molecule has 0 aromatic heterocycles. The minimum atomic E-state index is -3.56. The fraction of sp³-hybridized carbons (Fsp3) is 0.406. The van der Waals surface area contributed by atoms with E-state index in [0.717, 1.165) is 42.3 Å². The molecule has 13 heteroatoms. The molecule has 2 aromatic rings. The number of nitrogens with one attached hydrogen (secondary N) is 2. The van der Waals surface area contributed by atoms with Gasteiger partial charge in [0.15, 0.2) is 0 Å². The number of allylic oxidation sites excluding steroid dienone is 2. The number of hydroxylamine groups is 1. The fourth-order valence-corrected chi connectivity index (χ4v) is 9.08. The Morgan fingerprint density at radius 2 is 1.87 bits per heavy atom. The molecule has 0 bridgehead atoms. The molecule has 0 spiro atoms. The number of carbonyl (C=O) groups is 2. The van der Waals surface area contributed by atoms with Gasteiger partial charge in [0.2, 0.25) is 0 Å². The summed E-state index contributed by atoms with van der Waals surface area (Å²) in [5.74, 6) is -1.55. The first-order chi connectivity index (χ1) is 21.5. The van der Waals surface area contributed by atoms with Crippen LogP contribution in [0.4, 0.5) is 0 Å². The average Bonchev–Trinajstić information content (AvgIpc) is 3.17. The second kappa shape index (κ2) is 14.1. The van der Waals surface area contributed by atoms with Crippen molar-refractivity contribution in [2.75, 3.05) is 19.5 Å². The molecule has 5 rings (SSSR count). The van der Waals surface area contributed by atoms with Crippen molar-refractivity contribution < 1.29 is 57.6 Å². The van der Waals surface area contributed by atoms with E-state index in [2.05, 4.69) is 10.2 Å². The van der Waals surface area contributed by atoms with E-state index in [9.17, 15) is 28.3 Å². The number of aliphatic hydroxyl groups excluding tert-OH is 1. The summed E-state index contributed by atoms with van der Waals surface area (Å²) in [6.07, 6.45) is 8.86. The zero-order chi connectivity index (χ0) is 32.3. The van der Waals surface area contributed by atoms with Gasteiger partial charge in [-0.05, 0) is 0 Å². The molecule has 0 unspecified atom stereocenters. The van der Waals surface area contributed by atoms with Gasteiger partial charge in [-0.25, -0.2) is 8.42 Å². The van der Waals surface area contributed by atoms with Crippen LogP contribution in [0, 0.1) is 13.8 Å². The number of sulfonamides is 1. The number of amides is 2. The van der Waals surface area contributed by atoms with Crippen LogP contribution in [0.3, 0.4) is 0 Å².